The SMILES string of the molecule is CCCC1CCCCN1c1ccccc1C(N)=S. The van der Waals surface area contributed by atoms with Crippen LogP contribution < -0.4 is 10.6 Å². The maximum atomic E-state index is 5.85. The van der Waals surface area contributed by atoms with E-state index in [9.17, 15) is 0 Å². The predicted octanol–water partition coefficient (Wildman–Crippen LogP) is 3.48. The summed E-state index contributed by atoms with van der Waals surface area (Å²) in [6.45, 7) is 3.39. The Bertz CT molecular complexity index is 415. The molecule has 1 saturated heterocycles. The highest BCUT2D eigenvalue weighted by Gasteiger charge is 2.23. The van der Waals surface area contributed by atoms with Crippen molar-refractivity contribution in [3.63, 3.8) is 0 Å². The average molecular weight is 262 g/mol. The molecule has 0 radical (unpaired) electrons. The zero-order valence-electron chi connectivity index (χ0n) is 11.1. The topological polar surface area (TPSA) is 29.3 Å². The molecule has 0 spiro atoms. The number of para-hydroxylation sites is 1. The van der Waals surface area contributed by atoms with Gasteiger partial charge in [0.25, 0.3) is 0 Å². The summed E-state index contributed by atoms with van der Waals surface area (Å²) in [5.41, 5.74) is 8.09. The number of hydrogen-bond donors (Lipinski definition) is 1. The minimum absolute atomic E-state index is 0.506. The first-order valence-corrected chi connectivity index (χ1v) is 7.30. The van der Waals surface area contributed by atoms with Crippen LogP contribution in [0.3, 0.4) is 0 Å². The monoisotopic (exact) mass is 262 g/mol. The number of nitrogens with two attached hydrogens (primary N) is 1. The number of piperidine rings is 1. The molecule has 1 aromatic rings. The van der Waals surface area contributed by atoms with Crippen LogP contribution in [0.25, 0.3) is 0 Å². The lowest BCUT2D eigenvalue weighted by atomic mass is 9.96. The smallest absolute Gasteiger partial charge is 0.106 e. The zero-order valence-corrected chi connectivity index (χ0v) is 11.9. The Kier molecular flexibility index (Phi) is 4.59. The van der Waals surface area contributed by atoms with Gasteiger partial charge in [0.1, 0.15) is 4.99 Å². The van der Waals surface area contributed by atoms with Gasteiger partial charge in [0.2, 0.25) is 0 Å². The summed E-state index contributed by atoms with van der Waals surface area (Å²) in [5, 5.41) is 0. The highest BCUT2D eigenvalue weighted by molar-refractivity contribution is 7.80. The molecule has 0 bridgehead atoms. The van der Waals surface area contributed by atoms with E-state index in [0.29, 0.717) is 11.0 Å². The zero-order chi connectivity index (χ0) is 13.0. The second-order valence-electron chi connectivity index (χ2n) is 5.01. The van der Waals surface area contributed by atoms with Crippen LogP contribution in [-0.2, 0) is 0 Å². The van der Waals surface area contributed by atoms with Crippen LogP contribution in [0.5, 0.6) is 0 Å². The largest absolute Gasteiger partial charge is 0.389 e. The Morgan fingerprint density at radius 1 is 1.39 bits per heavy atom. The fourth-order valence-corrected chi connectivity index (χ4v) is 3.06. The molecule has 2 rings (SSSR count). The molecule has 18 heavy (non-hydrogen) atoms. The minimum Gasteiger partial charge on any atom is -0.389 e. The van der Waals surface area contributed by atoms with Gasteiger partial charge in [-0.2, -0.15) is 0 Å². The highest BCUT2D eigenvalue weighted by Crippen LogP contribution is 2.29. The lowest BCUT2D eigenvalue weighted by molar-refractivity contribution is 0.434. The molecule has 1 unspecified atom stereocenters. The third-order valence-corrected chi connectivity index (χ3v) is 3.95. The van der Waals surface area contributed by atoms with Crippen molar-refractivity contribution < 1.29 is 0 Å². The molecular weight excluding hydrogens is 240 g/mol. The van der Waals surface area contributed by atoms with Gasteiger partial charge in [0, 0.05) is 23.8 Å². The number of anilines is 1. The van der Waals surface area contributed by atoms with Crippen molar-refractivity contribution in [3.05, 3.63) is 29.8 Å². The van der Waals surface area contributed by atoms with Crippen molar-refractivity contribution in [2.45, 2.75) is 45.1 Å². The lowest BCUT2D eigenvalue weighted by Gasteiger charge is -2.38. The molecule has 1 heterocycles. The van der Waals surface area contributed by atoms with Crippen LogP contribution in [0.1, 0.15) is 44.6 Å². The van der Waals surface area contributed by atoms with E-state index in [4.69, 9.17) is 18.0 Å². The molecule has 1 aromatic carbocycles. The third kappa shape index (κ3) is 2.83. The second kappa shape index (κ2) is 6.19. The molecule has 1 aliphatic rings. The first-order valence-electron chi connectivity index (χ1n) is 6.89. The van der Waals surface area contributed by atoms with Crippen molar-refractivity contribution in [2.24, 2.45) is 5.73 Å². The van der Waals surface area contributed by atoms with Crippen LogP contribution in [-0.4, -0.2) is 17.6 Å². The maximum Gasteiger partial charge on any atom is 0.106 e. The van der Waals surface area contributed by atoms with Crippen molar-refractivity contribution >= 4 is 22.9 Å². The van der Waals surface area contributed by atoms with Crippen molar-refractivity contribution in [2.75, 3.05) is 11.4 Å². The number of hydrogen-bond acceptors (Lipinski definition) is 2. The van der Waals surface area contributed by atoms with Gasteiger partial charge in [-0.25, -0.2) is 0 Å². The van der Waals surface area contributed by atoms with E-state index in [1.165, 1.54) is 37.8 Å². The van der Waals surface area contributed by atoms with E-state index < -0.39 is 0 Å². The van der Waals surface area contributed by atoms with Gasteiger partial charge in [-0.05, 0) is 37.8 Å². The summed E-state index contributed by atoms with van der Waals surface area (Å²) in [4.78, 5) is 3.02. The Morgan fingerprint density at radius 3 is 2.89 bits per heavy atom. The molecule has 1 fully saturated rings. The van der Waals surface area contributed by atoms with Gasteiger partial charge in [0.15, 0.2) is 0 Å². The second-order valence-corrected chi connectivity index (χ2v) is 5.45. The van der Waals surface area contributed by atoms with Crippen molar-refractivity contribution in [3.8, 4) is 0 Å². The summed E-state index contributed by atoms with van der Waals surface area (Å²) < 4.78 is 0. The Labute approximate surface area is 115 Å². The molecule has 2 nitrogen and oxygen atoms in total. The Hall–Kier alpha value is -1.09. The van der Waals surface area contributed by atoms with E-state index in [2.05, 4.69) is 24.0 Å². The van der Waals surface area contributed by atoms with Crippen LogP contribution >= 0.6 is 12.2 Å². The fraction of sp³-hybridized carbons (Fsp3) is 0.533. The van der Waals surface area contributed by atoms with E-state index in [-0.39, 0.29) is 0 Å². The van der Waals surface area contributed by atoms with Gasteiger partial charge in [0.05, 0.1) is 0 Å². The number of thiocarbonyl (C=S) groups is 1. The van der Waals surface area contributed by atoms with Crippen LogP contribution in [0.15, 0.2) is 24.3 Å². The summed E-state index contributed by atoms with van der Waals surface area (Å²) in [7, 11) is 0. The highest BCUT2D eigenvalue weighted by atomic mass is 32.1. The number of nitrogens with zero attached hydrogens (tertiary/aromatic N) is 1. The van der Waals surface area contributed by atoms with Crippen LogP contribution in [0, 0.1) is 0 Å². The van der Waals surface area contributed by atoms with Crippen LogP contribution in [0.2, 0.25) is 0 Å². The molecule has 0 aromatic heterocycles. The van der Waals surface area contributed by atoms with Crippen molar-refractivity contribution in [1.82, 2.24) is 0 Å². The van der Waals surface area contributed by atoms with E-state index in [1.807, 2.05) is 12.1 Å². The summed E-state index contributed by atoms with van der Waals surface area (Å²) in [5.74, 6) is 0. The molecule has 2 N–H and O–H groups in total. The molecule has 1 aliphatic heterocycles. The van der Waals surface area contributed by atoms with E-state index in [1.54, 1.807) is 0 Å². The fourth-order valence-electron chi connectivity index (χ4n) is 2.88. The molecular formula is C15H22N2S. The lowest BCUT2D eigenvalue weighted by Crippen LogP contribution is -2.40. The first-order chi connectivity index (χ1) is 8.74. The van der Waals surface area contributed by atoms with Gasteiger partial charge in [-0.15, -0.1) is 0 Å². The molecule has 98 valence electrons. The van der Waals surface area contributed by atoms with Crippen LogP contribution in [0.4, 0.5) is 5.69 Å². The Morgan fingerprint density at radius 2 is 2.17 bits per heavy atom. The number of benzene rings is 1. The predicted molar refractivity (Wildman–Crippen MR) is 82.2 cm³/mol. The standard InChI is InChI=1S/C15H22N2S/c1-2-7-12-8-5-6-11-17(12)14-10-4-3-9-13(14)15(16)18/h3-4,9-10,12H,2,5-8,11H2,1H3,(H2,16,18). The molecule has 1 atom stereocenters. The van der Waals surface area contributed by atoms with Crippen molar-refractivity contribution in [1.29, 1.82) is 0 Å². The van der Waals surface area contributed by atoms with E-state index in [0.717, 1.165) is 12.1 Å². The average Bonchev–Trinajstić information content (AvgIpc) is 2.40. The van der Waals surface area contributed by atoms with E-state index >= 15 is 0 Å². The first kappa shape index (κ1) is 13.3. The maximum absolute atomic E-state index is 5.85. The van der Waals surface area contributed by atoms with Gasteiger partial charge >= 0.3 is 0 Å². The summed E-state index contributed by atoms with van der Waals surface area (Å²) in [6, 6.07) is 8.93. The molecule has 3 heteroatoms. The molecule has 0 amide bonds. The normalized spacial score (nSPS) is 19.8. The molecule has 0 aliphatic carbocycles. The summed E-state index contributed by atoms with van der Waals surface area (Å²) >= 11 is 5.17. The summed E-state index contributed by atoms with van der Waals surface area (Å²) in [6.07, 6.45) is 6.39. The Balaban J connectivity index is 2.30. The quantitative estimate of drug-likeness (QED) is 0.842. The van der Waals surface area contributed by atoms with Gasteiger partial charge in [-0.3, -0.25) is 0 Å². The van der Waals surface area contributed by atoms with Gasteiger partial charge < -0.3 is 10.6 Å². The number of rotatable bonds is 4. The molecule has 0 saturated carbocycles. The minimum atomic E-state index is 0.506. The third-order valence-electron chi connectivity index (χ3n) is 3.73. The van der Waals surface area contributed by atoms with Gasteiger partial charge in [-0.1, -0.05) is 37.7 Å².